The maximum Gasteiger partial charge on any atom is 0.0705 e. The number of fused-ring (bicyclic) bond motifs is 4. The summed E-state index contributed by atoms with van der Waals surface area (Å²) in [6.45, 7) is 6.40. The molecule has 4 heterocycles. The Bertz CT molecular complexity index is 688. The van der Waals surface area contributed by atoms with Gasteiger partial charge in [0, 0.05) is 30.2 Å². The van der Waals surface area contributed by atoms with Crippen LogP contribution in [0.5, 0.6) is 0 Å². The van der Waals surface area contributed by atoms with E-state index in [-0.39, 0.29) is 6.04 Å². The molecule has 3 nitrogen and oxygen atoms in total. The maximum absolute atomic E-state index is 6.67. The zero-order chi connectivity index (χ0) is 14.4. The molecule has 3 aliphatic rings. The first-order valence-electron chi connectivity index (χ1n) is 7.75. The van der Waals surface area contributed by atoms with Crippen LogP contribution in [0.1, 0.15) is 24.4 Å². The smallest absolute Gasteiger partial charge is 0.0705 e. The van der Waals surface area contributed by atoms with E-state index in [1.165, 1.54) is 22.9 Å². The van der Waals surface area contributed by atoms with Gasteiger partial charge in [-0.3, -0.25) is 9.88 Å². The minimum atomic E-state index is 0.0498. The van der Waals surface area contributed by atoms with Gasteiger partial charge in [-0.15, -0.1) is 0 Å². The minimum Gasteiger partial charge on any atom is -0.323 e. The number of nitrogens with two attached hydrogens (primary N) is 1. The van der Waals surface area contributed by atoms with Crippen LogP contribution in [0.2, 0.25) is 0 Å². The zero-order valence-corrected chi connectivity index (χ0v) is 12.2. The molecule has 2 unspecified atom stereocenters. The highest BCUT2D eigenvalue weighted by molar-refractivity contribution is 5.82. The quantitative estimate of drug-likeness (QED) is 0.860. The van der Waals surface area contributed by atoms with Crippen molar-refractivity contribution in [2.75, 3.05) is 13.1 Å². The van der Waals surface area contributed by atoms with Gasteiger partial charge in [-0.1, -0.05) is 30.4 Å². The van der Waals surface area contributed by atoms with E-state index in [0.717, 1.165) is 25.0 Å². The highest BCUT2D eigenvalue weighted by Crippen LogP contribution is 2.39. The molecule has 21 heavy (non-hydrogen) atoms. The Balaban J connectivity index is 1.71. The molecule has 5 rings (SSSR count). The summed E-state index contributed by atoms with van der Waals surface area (Å²) in [5.74, 6) is 0.666. The van der Waals surface area contributed by atoms with Crippen LogP contribution in [-0.4, -0.2) is 29.0 Å². The second-order valence-corrected chi connectivity index (χ2v) is 6.36. The number of hydrogen-bond acceptors (Lipinski definition) is 3. The Morgan fingerprint density at radius 1 is 1.29 bits per heavy atom. The van der Waals surface area contributed by atoms with Gasteiger partial charge in [0.15, 0.2) is 0 Å². The fraction of sp³-hybridized carbons (Fsp3) is 0.389. The first-order chi connectivity index (χ1) is 10.2. The Labute approximate surface area is 125 Å². The fourth-order valence-corrected chi connectivity index (χ4v) is 3.99. The Morgan fingerprint density at radius 3 is 2.90 bits per heavy atom. The topological polar surface area (TPSA) is 42.1 Å². The highest BCUT2D eigenvalue weighted by Gasteiger charge is 2.39. The van der Waals surface area contributed by atoms with Crippen LogP contribution < -0.4 is 5.73 Å². The monoisotopic (exact) mass is 279 g/mol. The summed E-state index contributed by atoms with van der Waals surface area (Å²) < 4.78 is 0. The van der Waals surface area contributed by atoms with Crippen molar-refractivity contribution in [1.82, 2.24) is 9.88 Å². The largest absolute Gasteiger partial charge is 0.323 e. The van der Waals surface area contributed by atoms with Gasteiger partial charge >= 0.3 is 0 Å². The van der Waals surface area contributed by atoms with E-state index in [2.05, 4.69) is 40.7 Å². The van der Waals surface area contributed by atoms with E-state index < -0.39 is 0 Å². The molecule has 4 atom stereocenters. The first-order valence-corrected chi connectivity index (χ1v) is 7.75. The molecule has 1 aromatic heterocycles. The lowest BCUT2D eigenvalue weighted by Gasteiger charge is -2.49. The summed E-state index contributed by atoms with van der Waals surface area (Å²) >= 11 is 0. The third-order valence-electron chi connectivity index (χ3n) is 5.20. The second-order valence-electron chi connectivity index (χ2n) is 6.36. The number of hydrogen-bond donors (Lipinski definition) is 1. The molecule has 0 aliphatic carbocycles. The molecule has 2 N–H and O–H groups in total. The molecule has 0 amide bonds. The van der Waals surface area contributed by atoms with E-state index in [4.69, 9.17) is 5.73 Å². The third-order valence-corrected chi connectivity index (χ3v) is 5.20. The van der Waals surface area contributed by atoms with E-state index in [1.807, 2.05) is 12.3 Å². The summed E-state index contributed by atoms with van der Waals surface area (Å²) in [4.78, 5) is 6.96. The maximum atomic E-state index is 6.67. The average molecular weight is 279 g/mol. The summed E-state index contributed by atoms with van der Waals surface area (Å²) in [6, 6.07) is 10.9. The molecule has 3 saturated heterocycles. The van der Waals surface area contributed by atoms with Crippen LogP contribution in [-0.2, 0) is 0 Å². The normalized spacial score (nSPS) is 29.8. The van der Waals surface area contributed by atoms with E-state index in [0.29, 0.717) is 12.0 Å². The molecular weight excluding hydrogens is 258 g/mol. The number of nitrogens with zero attached hydrogens (tertiary/aromatic N) is 2. The summed E-state index contributed by atoms with van der Waals surface area (Å²) in [6.07, 6.45) is 4.28. The fourth-order valence-electron chi connectivity index (χ4n) is 3.99. The van der Waals surface area contributed by atoms with Gasteiger partial charge in [0.05, 0.1) is 5.52 Å². The van der Waals surface area contributed by atoms with Crippen molar-refractivity contribution >= 4 is 10.9 Å². The summed E-state index contributed by atoms with van der Waals surface area (Å²) in [5.41, 5.74) is 10.3. The third kappa shape index (κ3) is 2.08. The van der Waals surface area contributed by atoms with Gasteiger partial charge in [-0.05, 0) is 43.0 Å². The molecular formula is C18H21N3. The first kappa shape index (κ1) is 13.0. The number of benzene rings is 1. The average Bonchev–Trinajstić information content (AvgIpc) is 2.54. The number of rotatable bonds is 2. The molecule has 3 fully saturated rings. The molecule has 2 aromatic rings. The van der Waals surface area contributed by atoms with Crippen LogP contribution in [0.3, 0.4) is 0 Å². The zero-order valence-electron chi connectivity index (χ0n) is 12.2. The summed E-state index contributed by atoms with van der Waals surface area (Å²) in [5, 5.41) is 1.19. The SMILES string of the molecule is C=C1CN2CCC1C[C@H]2[C@@H](N)c1ccnc2ccccc12. The van der Waals surface area contributed by atoms with E-state index in [9.17, 15) is 0 Å². The Hall–Kier alpha value is -1.71. The van der Waals surface area contributed by atoms with Crippen LogP contribution in [0.25, 0.3) is 10.9 Å². The molecule has 3 aliphatic heterocycles. The lowest BCUT2D eigenvalue weighted by atomic mass is 9.77. The van der Waals surface area contributed by atoms with Crippen molar-refractivity contribution in [3.8, 4) is 0 Å². The molecule has 1 aromatic carbocycles. The van der Waals surface area contributed by atoms with Gasteiger partial charge in [0.2, 0.25) is 0 Å². The van der Waals surface area contributed by atoms with Gasteiger partial charge in [-0.2, -0.15) is 0 Å². The predicted molar refractivity (Wildman–Crippen MR) is 85.9 cm³/mol. The van der Waals surface area contributed by atoms with Gasteiger partial charge in [0.25, 0.3) is 0 Å². The molecule has 108 valence electrons. The van der Waals surface area contributed by atoms with Crippen LogP contribution in [0, 0.1) is 5.92 Å². The molecule has 0 spiro atoms. The van der Waals surface area contributed by atoms with Crippen molar-refractivity contribution < 1.29 is 0 Å². The molecule has 3 heteroatoms. The van der Waals surface area contributed by atoms with Crippen molar-refractivity contribution in [1.29, 1.82) is 0 Å². The van der Waals surface area contributed by atoms with Crippen molar-refractivity contribution in [2.24, 2.45) is 11.7 Å². The number of pyridine rings is 1. The van der Waals surface area contributed by atoms with Crippen LogP contribution in [0.4, 0.5) is 0 Å². The van der Waals surface area contributed by atoms with Gasteiger partial charge < -0.3 is 5.73 Å². The summed E-state index contributed by atoms with van der Waals surface area (Å²) in [7, 11) is 0. The lowest BCUT2D eigenvalue weighted by molar-refractivity contribution is 0.0745. The Kier molecular flexibility index (Phi) is 3.05. The lowest BCUT2D eigenvalue weighted by Crippen LogP contribution is -2.53. The van der Waals surface area contributed by atoms with Gasteiger partial charge in [0.1, 0.15) is 0 Å². The predicted octanol–water partition coefficient (Wildman–Crippen LogP) is 2.89. The molecule has 0 saturated carbocycles. The van der Waals surface area contributed by atoms with E-state index >= 15 is 0 Å². The number of aromatic nitrogens is 1. The van der Waals surface area contributed by atoms with Crippen molar-refractivity contribution in [3.05, 3.63) is 54.2 Å². The second kappa shape index (κ2) is 4.93. The van der Waals surface area contributed by atoms with E-state index in [1.54, 1.807) is 0 Å². The van der Waals surface area contributed by atoms with Gasteiger partial charge in [-0.25, -0.2) is 0 Å². The van der Waals surface area contributed by atoms with Crippen LogP contribution in [0.15, 0.2) is 48.7 Å². The Morgan fingerprint density at radius 2 is 2.14 bits per heavy atom. The highest BCUT2D eigenvalue weighted by atomic mass is 15.2. The minimum absolute atomic E-state index is 0.0498. The van der Waals surface area contributed by atoms with Crippen LogP contribution >= 0.6 is 0 Å². The standard InChI is InChI=1S/C18H21N3/c1-12-11-21-9-7-13(12)10-17(21)18(19)15-6-8-20-16-5-3-2-4-14(15)16/h2-6,8,13,17-18H,1,7,9-11,19H2/t13?,17-,18-/m0/s1. The number of piperidine rings is 3. The van der Waals surface area contributed by atoms with Crippen molar-refractivity contribution in [2.45, 2.75) is 24.9 Å². The number of para-hydroxylation sites is 1. The van der Waals surface area contributed by atoms with Crippen molar-refractivity contribution in [3.63, 3.8) is 0 Å². The molecule has 2 bridgehead atoms. The molecule has 0 radical (unpaired) electrons.